The molecule has 0 aliphatic rings. The molecule has 0 fully saturated rings. The summed E-state index contributed by atoms with van der Waals surface area (Å²) >= 11 is 0. The lowest BCUT2D eigenvalue weighted by Crippen LogP contribution is -2.23. The molecule has 112 valence electrons. The highest BCUT2D eigenvalue weighted by Gasteiger charge is 2.13. The maximum Gasteiger partial charge on any atom is 0.240 e. The van der Waals surface area contributed by atoms with Crippen LogP contribution in [0.25, 0.3) is 5.69 Å². The van der Waals surface area contributed by atoms with Crippen molar-refractivity contribution in [2.24, 2.45) is 0 Å². The second kappa shape index (κ2) is 6.08. The van der Waals surface area contributed by atoms with Gasteiger partial charge in [0.2, 0.25) is 10.0 Å². The predicted octanol–water partition coefficient (Wildman–Crippen LogP) is 1.75. The highest BCUT2D eigenvalue weighted by atomic mass is 32.2. The van der Waals surface area contributed by atoms with E-state index in [2.05, 4.69) is 14.8 Å². The fourth-order valence-corrected chi connectivity index (χ4v) is 2.95. The van der Waals surface area contributed by atoms with Crippen molar-refractivity contribution in [2.75, 3.05) is 0 Å². The second-order valence-corrected chi connectivity index (χ2v) is 6.36. The van der Waals surface area contributed by atoms with E-state index in [4.69, 9.17) is 0 Å². The Kier molecular flexibility index (Phi) is 3.99. The van der Waals surface area contributed by atoms with Crippen LogP contribution < -0.4 is 4.72 Å². The van der Waals surface area contributed by atoms with Crippen LogP contribution in [0, 0.1) is 0 Å². The minimum atomic E-state index is -3.56. The zero-order valence-corrected chi connectivity index (χ0v) is 12.4. The van der Waals surface area contributed by atoms with E-state index in [-0.39, 0.29) is 11.4 Å². The number of benzene rings is 1. The Balaban J connectivity index is 1.75. The van der Waals surface area contributed by atoms with Crippen molar-refractivity contribution in [3.05, 3.63) is 72.8 Å². The lowest BCUT2D eigenvalue weighted by atomic mass is 10.3. The zero-order chi connectivity index (χ0) is 15.4. The molecule has 3 rings (SSSR count). The van der Waals surface area contributed by atoms with Gasteiger partial charge >= 0.3 is 0 Å². The van der Waals surface area contributed by atoms with Gasteiger partial charge < -0.3 is 0 Å². The first-order chi connectivity index (χ1) is 10.6. The van der Waals surface area contributed by atoms with Gasteiger partial charge in [-0.25, -0.2) is 17.8 Å². The Bertz CT molecular complexity index is 829. The summed E-state index contributed by atoms with van der Waals surface area (Å²) in [6.45, 7) is 0.157. The summed E-state index contributed by atoms with van der Waals surface area (Å²) in [6, 6.07) is 13.7. The molecule has 6 nitrogen and oxygen atoms in total. The summed E-state index contributed by atoms with van der Waals surface area (Å²) in [6.07, 6.45) is 5.09. The standard InChI is InChI=1S/C15H14N4O2S/c20-22(21,18-12-13-4-1-2-9-16-13)15-7-5-14(6-8-15)19-11-3-10-17-19/h1-11,18H,12H2. The number of rotatable bonds is 5. The van der Waals surface area contributed by atoms with Crippen LogP contribution in [0.5, 0.6) is 0 Å². The van der Waals surface area contributed by atoms with Gasteiger partial charge in [-0.1, -0.05) is 6.07 Å². The number of nitrogens with zero attached hydrogens (tertiary/aromatic N) is 3. The molecule has 22 heavy (non-hydrogen) atoms. The molecule has 7 heteroatoms. The maximum atomic E-state index is 12.2. The van der Waals surface area contributed by atoms with Crippen molar-refractivity contribution in [2.45, 2.75) is 11.4 Å². The number of pyridine rings is 1. The predicted molar refractivity (Wildman–Crippen MR) is 81.8 cm³/mol. The molecule has 0 unspecified atom stereocenters. The summed E-state index contributed by atoms with van der Waals surface area (Å²) in [7, 11) is -3.56. The third-order valence-electron chi connectivity index (χ3n) is 3.09. The van der Waals surface area contributed by atoms with Crippen LogP contribution in [0.3, 0.4) is 0 Å². The monoisotopic (exact) mass is 314 g/mol. The average Bonchev–Trinajstić information content (AvgIpc) is 3.09. The largest absolute Gasteiger partial charge is 0.260 e. The summed E-state index contributed by atoms with van der Waals surface area (Å²) in [4.78, 5) is 4.29. The minimum Gasteiger partial charge on any atom is -0.260 e. The van der Waals surface area contributed by atoms with Crippen molar-refractivity contribution in [3.8, 4) is 5.69 Å². The molecule has 2 heterocycles. The molecule has 1 aromatic carbocycles. The Labute approximate surface area is 128 Å². The van der Waals surface area contributed by atoms with Crippen molar-refractivity contribution in [1.29, 1.82) is 0 Å². The van der Waals surface area contributed by atoms with Crippen molar-refractivity contribution >= 4 is 10.0 Å². The molecule has 0 atom stereocenters. The van der Waals surface area contributed by atoms with Gasteiger partial charge in [0, 0.05) is 18.6 Å². The number of hydrogen-bond acceptors (Lipinski definition) is 4. The quantitative estimate of drug-likeness (QED) is 0.778. The third-order valence-corrected chi connectivity index (χ3v) is 4.50. The van der Waals surface area contributed by atoms with E-state index in [1.54, 1.807) is 65.7 Å². The fourth-order valence-electron chi connectivity index (χ4n) is 1.95. The van der Waals surface area contributed by atoms with Crippen molar-refractivity contribution in [1.82, 2.24) is 19.5 Å². The zero-order valence-electron chi connectivity index (χ0n) is 11.6. The van der Waals surface area contributed by atoms with Gasteiger partial charge in [0.1, 0.15) is 0 Å². The van der Waals surface area contributed by atoms with Crippen molar-refractivity contribution < 1.29 is 8.42 Å². The van der Waals surface area contributed by atoms with E-state index in [9.17, 15) is 8.42 Å². The Morgan fingerprint density at radius 1 is 1.00 bits per heavy atom. The van der Waals surface area contributed by atoms with Gasteiger partial charge in [0.15, 0.2) is 0 Å². The first-order valence-corrected chi connectivity index (χ1v) is 8.13. The molecule has 0 radical (unpaired) electrons. The van der Waals surface area contributed by atoms with E-state index < -0.39 is 10.0 Å². The SMILES string of the molecule is O=S(=O)(NCc1ccccn1)c1ccc(-n2cccn2)cc1. The molecular weight excluding hydrogens is 300 g/mol. The number of hydrogen-bond donors (Lipinski definition) is 1. The van der Waals surface area contributed by atoms with E-state index in [1.165, 1.54) is 0 Å². The van der Waals surface area contributed by atoms with Gasteiger partial charge in [-0.15, -0.1) is 0 Å². The molecule has 0 aliphatic heterocycles. The van der Waals surface area contributed by atoms with E-state index in [0.29, 0.717) is 5.69 Å². The minimum absolute atomic E-state index is 0.157. The summed E-state index contributed by atoms with van der Waals surface area (Å²) in [5.41, 5.74) is 1.47. The lowest BCUT2D eigenvalue weighted by Gasteiger charge is -2.07. The molecule has 0 saturated heterocycles. The van der Waals surface area contributed by atoms with Gasteiger partial charge in [-0.05, 0) is 42.5 Å². The van der Waals surface area contributed by atoms with Crippen LogP contribution in [-0.2, 0) is 16.6 Å². The van der Waals surface area contributed by atoms with Crippen LogP contribution in [0.15, 0.2) is 72.0 Å². The molecule has 3 aromatic rings. The van der Waals surface area contributed by atoms with Crippen LogP contribution in [0.4, 0.5) is 0 Å². The number of nitrogens with one attached hydrogen (secondary N) is 1. The maximum absolute atomic E-state index is 12.2. The number of sulfonamides is 1. The van der Waals surface area contributed by atoms with E-state index in [1.807, 2.05) is 6.07 Å². The summed E-state index contributed by atoms with van der Waals surface area (Å²) < 4.78 is 28.7. The normalized spacial score (nSPS) is 11.5. The van der Waals surface area contributed by atoms with Crippen LogP contribution >= 0.6 is 0 Å². The van der Waals surface area contributed by atoms with Crippen LogP contribution in [0.2, 0.25) is 0 Å². The topological polar surface area (TPSA) is 76.9 Å². The Morgan fingerprint density at radius 3 is 2.45 bits per heavy atom. The molecule has 0 saturated carbocycles. The first kappa shape index (κ1) is 14.4. The third kappa shape index (κ3) is 3.21. The fraction of sp³-hybridized carbons (Fsp3) is 0.0667. The molecule has 1 N–H and O–H groups in total. The summed E-state index contributed by atoms with van der Waals surface area (Å²) in [5, 5.41) is 4.10. The van der Waals surface area contributed by atoms with E-state index >= 15 is 0 Å². The highest BCUT2D eigenvalue weighted by Crippen LogP contribution is 2.13. The molecular formula is C15H14N4O2S. The van der Waals surface area contributed by atoms with Crippen LogP contribution in [-0.4, -0.2) is 23.2 Å². The molecule has 2 aromatic heterocycles. The smallest absolute Gasteiger partial charge is 0.240 e. The highest BCUT2D eigenvalue weighted by molar-refractivity contribution is 7.89. The molecule has 0 spiro atoms. The van der Waals surface area contributed by atoms with E-state index in [0.717, 1.165) is 5.69 Å². The number of aromatic nitrogens is 3. The molecule has 0 aliphatic carbocycles. The van der Waals surface area contributed by atoms with Gasteiger partial charge in [-0.2, -0.15) is 5.10 Å². The first-order valence-electron chi connectivity index (χ1n) is 6.65. The van der Waals surface area contributed by atoms with Crippen LogP contribution in [0.1, 0.15) is 5.69 Å². The Hall–Kier alpha value is -2.51. The van der Waals surface area contributed by atoms with Gasteiger partial charge in [-0.3, -0.25) is 4.98 Å². The van der Waals surface area contributed by atoms with Gasteiger partial charge in [0.05, 0.1) is 22.8 Å². The molecule has 0 amide bonds. The molecule has 0 bridgehead atoms. The average molecular weight is 314 g/mol. The summed E-state index contributed by atoms with van der Waals surface area (Å²) in [5.74, 6) is 0. The van der Waals surface area contributed by atoms with Crippen molar-refractivity contribution in [3.63, 3.8) is 0 Å². The Morgan fingerprint density at radius 2 is 1.82 bits per heavy atom. The van der Waals surface area contributed by atoms with Gasteiger partial charge in [0.25, 0.3) is 0 Å². The second-order valence-electron chi connectivity index (χ2n) is 4.59. The lowest BCUT2D eigenvalue weighted by molar-refractivity contribution is 0.580.